The van der Waals surface area contributed by atoms with Crippen molar-refractivity contribution in [3.8, 4) is 23.0 Å². The largest absolute Gasteiger partial charge is 0.507 e. The van der Waals surface area contributed by atoms with E-state index in [1.54, 1.807) is 78.9 Å². The van der Waals surface area contributed by atoms with Crippen LogP contribution in [0.5, 0.6) is 23.0 Å². The Morgan fingerprint density at radius 2 is 1.11 bits per heavy atom. The van der Waals surface area contributed by atoms with Crippen LogP contribution >= 0.6 is 0 Å². The molecule has 1 atom stereocenters. The Kier molecular flexibility index (Phi) is 9.86. The lowest BCUT2D eigenvalue weighted by molar-refractivity contribution is -0.129. The van der Waals surface area contributed by atoms with E-state index in [2.05, 4.69) is 6.58 Å². The quantitative estimate of drug-likeness (QED) is 0.120. The van der Waals surface area contributed by atoms with Gasteiger partial charge in [0.1, 0.15) is 23.0 Å². The normalized spacial score (nSPS) is 12.2. The Hall–Kier alpha value is -5.17. The van der Waals surface area contributed by atoms with Gasteiger partial charge < -0.3 is 19.3 Å². The summed E-state index contributed by atoms with van der Waals surface area (Å²) in [6.45, 7) is 17.1. The monoisotopic (exact) mass is 620 g/mol. The van der Waals surface area contributed by atoms with Crippen LogP contribution in [0.1, 0.15) is 97.4 Å². The minimum absolute atomic E-state index is 0.00417. The summed E-state index contributed by atoms with van der Waals surface area (Å²) in [5.74, 6) is -1.67. The van der Waals surface area contributed by atoms with Crippen molar-refractivity contribution in [3.63, 3.8) is 0 Å². The van der Waals surface area contributed by atoms with E-state index in [4.69, 9.17) is 14.2 Å². The van der Waals surface area contributed by atoms with E-state index in [0.29, 0.717) is 33.4 Å². The summed E-state index contributed by atoms with van der Waals surface area (Å²) in [4.78, 5) is 38.8. The Balaban J connectivity index is 1.92. The van der Waals surface area contributed by atoms with Gasteiger partial charge in [0.2, 0.25) is 0 Å². The van der Waals surface area contributed by atoms with E-state index in [9.17, 15) is 19.5 Å². The molecule has 0 saturated heterocycles. The minimum Gasteiger partial charge on any atom is -0.507 e. The fourth-order valence-electron chi connectivity index (χ4n) is 5.06. The number of aromatic hydroxyl groups is 1. The molecule has 238 valence electrons. The van der Waals surface area contributed by atoms with Gasteiger partial charge in [-0.3, -0.25) is 0 Å². The van der Waals surface area contributed by atoms with Crippen molar-refractivity contribution in [2.75, 3.05) is 0 Å². The smallest absolute Gasteiger partial charge is 0.343 e. The highest BCUT2D eigenvalue weighted by molar-refractivity contribution is 5.92. The molecule has 1 unspecified atom stereocenters. The molecule has 0 aliphatic heterocycles. The van der Waals surface area contributed by atoms with Crippen molar-refractivity contribution in [2.24, 2.45) is 0 Å². The highest BCUT2D eigenvalue weighted by Crippen LogP contribution is 2.47. The predicted octanol–water partition coefficient (Wildman–Crippen LogP) is 8.67. The highest BCUT2D eigenvalue weighted by atomic mass is 16.5. The lowest BCUT2D eigenvalue weighted by Crippen LogP contribution is -2.19. The zero-order chi connectivity index (χ0) is 33.8. The van der Waals surface area contributed by atoms with E-state index >= 15 is 0 Å². The summed E-state index contributed by atoms with van der Waals surface area (Å²) in [5, 5.41) is 11.7. The third-order valence-electron chi connectivity index (χ3n) is 7.56. The maximum absolute atomic E-state index is 13.1. The molecular weight excluding hydrogens is 580 g/mol. The SMILES string of the molecule is C=CC(=O)Oc1c(C(C)c2cc(OC(=O)c3ccccc3)cc(C(C)(C)C)c2O)cc(OC(=O)c2ccccc2)cc1C(C)(C)C. The number of benzene rings is 4. The van der Waals surface area contributed by atoms with Gasteiger partial charge in [0, 0.05) is 34.2 Å². The molecule has 0 aliphatic rings. The first-order valence-corrected chi connectivity index (χ1v) is 15.0. The van der Waals surface area contributed by atoms with Crippen LogP contribution in [-0.2, 0) is 15.6 Å². The molecule has 0 spiro atoms. The molecule has 1 N–H and O–H groups in total. The summed E-state index contributed by atoms with van der Waals surface area (Å²) < 4.78 is 17.5. The van der Waals surface area contributed by atoms with Crippen LogP contribution in [0.2, 0.25) is 0 Å². The number of phenols is 1. The summed E-state index contributed by atoms with van der Waals surface area (Å²) in [6.07, 6.45) is 1.07. The summed E-state index contributed by atoms with van der Waals surface area (Å²) in [6, 6.07) is 23.8. The number of ether oxygens (including phenoxy) is 3. The van der Waals surface area contributed by atoms with Crippen LogP contribution in [0.15, 0.2) is 97.6 Å². The van der Waals surface area contributed by atoms with Gasteiger partial charge in [-0.25, -0.2) is 14.4 Å². The number of hydrogen-bond acceptors (Lipinski definition) is 7. The molecule has 0 heterocycles. The van der Waals surface area contributed by atoms with E-state index in [0.717, 1.165) is 6.08 Å². The molecule has 46 heavy (non-hydrogen) atoms. The second-order valence-electron chi connectivity index (χ2n) is 13.2. The number of esters is 3. The first-order valence-electron chi connectivity index (χ1n) is 15.0. The molecule has 7 heteroatoms. The van der Waals surface area contributed by atoms with Crippen LogP contribution in [0.4, 0.5) is 0 Å². The lowest BCUT2D eigenvalue weighted by atomic mass is 9.79. The van der Waals surface area contributed by atoms with Gasteiger partial charge in [-0.1, -0.05) is 91.4 Å². The molecule has 4 rings (SSSR count). The fourth-order valence-corrected chi connectivity index (χ4v) is 5.06. The van der Waals surface area contributed by atoms with Crippen LogP contribution in [-0.4, -0.2) is 23.0 Å². The Labute approximate surface area is 270 Å². The minimum atomic E-state index is -0.668. The van der Waals surface area contributed by atoms with Gasteiger partial charge in [0.25, 0.3) is 0 Å². The van der Waals surface area contributed by atoms with Crippen molar-refractivity contribution >= 4 is 17.9 Å². The van der Waals surface area contributed by atoms with Gasteiger partial charge in [-0.05, 0) is 59.4 Å². The first-order chi connectivity index (χ1) is 21.6. The van der Waals surface area contributed by atoms with E-state index < -0.39 is 34.7 Å². The molecule has 0 aliphatic carbocycles. The summed E-state index contributed by atoms with van der Waals surface area (Å²) in [7, 11) is 0. The highest BCUT2D eigenvalue weighted by Gasteiger charge is 2.31. The molecule has 0 fully saturated rings. The number of carbonyl (C=O) groups is 3. The van der Waals surface area contributed by atoms with Crippen molar-refractivity contribution in [1.82, 2.24) is 0 Å². The van der Waals surface area contributed by atoms with Crippen LogP contribution in [0.3, 0.4) is 0 Å². The van der Waals surface area contributed by atoms with Crippen LogP contribution < -0.4 is 14.2 Å². The second kappa shape index (κ2) is 13.4. The van der Waals surface area contributed by atoms with Crippen LogP contribution in [0.25, 0.3) is 0 Å². The average Bonchev–Trinajstić information content (AvgIpc) is 3.01. The maximum atomic E-state index is 13.1. The standard InChI is InChI=1S/C39H40O7/c1-9-33(40)46-35-30(21-28(23-32(35)39(6,7)8)45-37(43)26-18-14-11-15-19-26)24(2)29-20-27(22-31(34(29)41)38(3,4)5)44-36(42)25-16-12-10-13-17-25/h9-24,41H,1H2,2-8H3. The number of carbonyl (C=O) groups excluding carboxylic acids is 3. The molecule has 0 amide bonds. The Bertz CT molecular complexity index is 1760. The lowest BCUT2D eigenvalue weighted by Gasteiger charge is -2.29. The molecule has 7 nitrogen and oxygen atoms in total. The predicted molar refractivity (Wildman–Crippen MR) is 178 cm³/mol. The topological polar surface area (TPSA) is 99.1 Å². The fraction of sp³-hybridized carbons (Fsp3) is 0.256. The maximum Gasteiger partial charge on any atom is 0.343 e. The van der Waals surface area contributed by atoms with E-state index in [1.807, 2.05) is 54.5 Å². The molecule has 0 bridgehead atoms. The van der Waals surface area contributed by atoms with Gasteiger partial charge in [-0.2, -0.15) is 0 Å². The van der Waals surface area contributed by atoms with Gasteiger partial charge in [0.15, 0.2) is 0 Å². The third-order valence-corrected chi connectivity index (χ3v) is 7.56. The molecular formula is C39H40O7. The van der Waals surface area contributed by atoms with Crippen molar-refractivity contribution < 1.29 is 33.7 Å². The summed E-state index contributed by atoms with van der Waals surface area (Å²) >= 11 is 0. The van der Waals surface area contributed by atoms with Crippen LogP contribution in [0, 0.1) is 0 Å². The van der Waals surface area contributed by atoms with Crippen molar-refractivity contribution in [2.45, 2.75) is 65.2 Å². The molecule has 4 aromatic rings. The second-order valence-corrected chi connectivity index (χ2v) is 13.2. The molecule has 0 radical (unpaired) electrons. The zero-order valence-corrected chi connectivity index (χ0v) is 27.3. The zero-order valence-electron chi connectivity index (χ0n) is 27.3. The van der Waals surface area contributed by atoms with Crippen molar-refractivity contribution in [1.29, 1.82) is 0 Å². The van der Waals surface area contributed by atoms with E-state index in [-0.39, 0.29) is 23.0 Å². The number of hydrogen-bond donors (Lipinski definition) is 1. The number of phenolic OH excluding ortho intramolecular Hbond substituents is 1. The van der Waals surface area contributed by atoms with Crippen molar-refractivity contribution in [3.05, 3.63) is 131 Å². The van der Waals surface area contributed by atoms with Gasteiger partial charge in [-0.15, -0.1) is 0 Å². The Morgan fingerprint density at radius 3 is 1.54 bits per heavy atom. The molecule has 4 aromatic carbocycles. The Morgan fingerprint density at radius 1 is 0.674 bits per heavy atom. The van der Waals surface area contributed by atoms with E-state index in [1.165, 1.54) is 0 Å². The van der Waals surface area contributed by atoms with Gasteiger partial charge in [0.05, 0.1) is 11.1 Å². The molecule has 0 aromatic heterocycles. The number of rotatable bonds is 8. The van der Waals surface area contributed by atoms with Gasteiger partial charge >= 0.3 is 17.9 Å². The average molecular weight is 621 g/mol. The summed E-state index contributed by atoms with van der Waals surface area (Å²) in [5.41, 5.74) is 1.71. The first kappa shape index (κ1) is 33.7. The third kappa shape index (κ3) is 7.72. The molecule has 0 saturated carbocycles.